The molecule has 1 saturated heterocycles. The molecule has 1 aromatic rings. The molecule has 2 rings (SSSR count). The molecule has 0 bridgehead atoms. The summed E-state index contributed by atoms with van der Waals surface area (Å²) < 4.78 is 0. The molecule has 26 heavy (non-hydrogen) atoms. The number of carbonyl (C=O) groups is 1. The van der Waals surface area contributed by atoms with Gasteiger partial charge in [0.05, 0.1) is 6.61 Å². The van der Waals surface area contributed by atoms with Crippen LogP contribution in [-0.4, -0.2) is 46.3 Å². The van der Waals surface area contributed by atoms with E-state index in [9.17, 15) is 15.0 Å². The van der Waals surface area contributed by atoms with Gasteiger partial charge in [0.2, 0.25) is 0 Å². The maximum Gasteiger partial charge on any atom is 0.253 e. The number of rotatable bonds is 4. The first kappa shape index (κ1) is 20.5. The Hall–Kier alpha value is -1.83. The van der Waals surface area contributed by atoms with E-state index in [0.29, 0.717) is 23.6 Å². The predicted octanol–water partition coefficient (Wildman–Crippen LogP) is 3.07. The minimum atomic E-state index is -1.07. The highest BCUT2D eigenvalue weighted by molar-refractivity contribution is 5.94. The van der Waals surface area contributed by atoms with Crippen LogP contribution in [-0.2, 0) is 0 Å². The van der Waals surface area contributed by atoms with Gasteiger partial charge in [-0.15, -0.1) is 0 Å². The van der Waals surface area contributed by atoms with Crippen molar-refractivity contribution in [1.29, 1.82) is 0 Å². The SMILES string of the molecule is CC(C)C[C@]1(CO)CCCN(C(=O)c2cccc(C#CC(C)(C)O)c2)C1. The number of piperidine rings is 1. The molecule has 1 heterocycles. The van der Waals surface area contributed by atoms with Gasteiger partial charge in [0, 0.05) is 29.6 Å². The summed E-state index contributed by atoms with van der Waals surface area (Å²) in [6.07, 6.45) is 2.80. The molecule has 1 aromatic carbocycles. The van der Waals surface area contributed by atoms with Gasteiger partial charge in [0.15, 0.2) is 0 Å². The number of likely N-dealkylation sites (tertiary alicyclic amines) is 1. The monoisotopic (exact) mass is 357 g/mol. The maximum absolute atomic E-state index is 13.0. The van der Waals surface area contributed by atoms with Crippen molar-refractivity contribution >= 4 is 5.91 Å². The van der Waals surface area contributed by atoms with Gasteiger partial charge in [0.25, 0.3) is 5.91 Å². The van der Waals surface area contributed by atoms with Crippen molar-refractivity contribution in [1.82, 2.24) is 4.90 Å². The van der Waals surface area contributed by atoms with Crippen LogP contribution in [0.2, 0.25) is 0 Å². The molecule has 2 N–H and O–H groups in total. The van der Waals surface area contributed by atoms with Crippen molar-refractivity contribution in [3.63, 3.8) is 0 Å². The zero-order valence-corrected chi connectivity index (χ0v) is 16.4. The van der Waals surface area contributed by atoms with Crippen molar-refractivity contribution < 1.29 is 15.0 Å². The lowest BCUT2D eigenvalue weighted by atomic mass is 9.74. The normalized spacial score (nSPS) is 20.7. The first-order valence-electron chi connectivity index (χ1n) is 9.40. The third kappa shape index (κ3) is 5.59. The molecule has 0 aromatic heterocycles. The van der Waals surface area contributed by atoms with E-state index in [0.717, 1.165) is 25.8 Å². The lowest BCUT2D eigenvalue weighted by Crippen LogP contribution is -2.48. The van der Waals surface area contributed by atoms with E-state index in [2.05, 4.69) is 25.7 Å². The quantitative estimate of drug-likeness (QED) is 0.814. The topological polar surface area (TPSA) is 60.8 Å². The number of amides is 1. The highest BCUT2D eigenvalue weighted by Crippen LogP contribution is 2.36. The predicted molar refractivity (Wildman–Crippen MR) is 104 cm³/mol. The molecule has 1 fully saturated rings. The Labute approximate surface area is 157 Å². The Morgan fingerprint density at radius 1 is 1.38 bits per heavy atom. The van der Waals surface area contributed by atoms with Crippen LogP contribution < -0.4 is 0 Å². The maximum atomic E-state index is 13.0. The van der Waals surface area contributed by atoms with Crippen LogP contribution in [0.25, 0.3) is 0 Å². The molecular weight excluding hydrogens is 326 g/mol. The molecule has 1 atom stereocenters. The Morgan fingerprint density at radius 2 is 2.12 bits per heavy atom. The molecule has 142 valence electrons. The summed E-state index contributed by atoms with van der Waals surface area (Å²) in [5.74, 6) is 6.17. The molecule has 0 radical (unpaired) electrons. The summed E-state index contributed by atoms with van der Waals surface area (Å²) in [6, 6.07) is 7.23. The van der Waals surface area contributed by atoms with Crippen LogP contribution >= 0.6 is 0 Å². The number of nitrogens with zero attached hydrogens (tertiary/aromatic N) is 1. The molecule has 0 spiro atoms. The lowest BCUT2D eigenvalue weighted by Gasteiger charge is -2.43. The molecule has 1 aliphatic heterocycles. The molecule has 1 amide bonds. The summed E-state index contributed by atoms with van der Waals surface area (Å²) in [5, 5.41) is 19.7. The minimum Gasteiger partial charge on any atom is -0.396 e. The fraction of sp³-hybridized carbons (Fsp3) is 0.591. The number of carbonyl (C=O) groups excluding carboxylic acids is 1. The third-order valence-corrected chi connectivity index (χ3v) is 4.75. The van der Waals surface area contributed by atoms with Crippen molar-refractivity contribution in [2.75, 3.05) is 19.7 Å². The van der Waals surface area contributed by atoms with Crippen LogP contribution in [0, 0.1) is 23.2 Å². The largest absolute Gasteiger partial charge is 0.396 e. The summed E-state index contributed by atoms with van der Waals surface area (Å²) >= 11 is 0. The van der Waals surface area contributed by atoms with E-state index in [1.54, 1.807) is 26.0 Å². The highest BCUT2D eigenvalue weighted by atomic mass is 16.3. The Balaban J connectivity index is 2.19. The number of hydrogen-bond donors (Lipinski definition) is 2. The van der Waals surface area contributed by atoms with Gasteiger partial charge in [-0.1, -0.05) is 31.8 Å². The number of aliphatic hydroxyl groups is 2. The standard InChI is InChI=1S/C22H31NO3/c1-17(2)14-22(16-24)10-6-12-23(15-22)20(25)19-8-5-7-18(13-19)9-11-21(3,4)26/h5,7-8,13,17,24,26H,6,10,12,14-16H2,1-4H3/t22-/m1/s1. The first-order valence-corrected chi connectivity index (χ1v) is 9.40. The van der Waals surface area contributed by atoms with Gasteiger partial charge >= 0.3 is 0 Å². The fourth-order valence-electron chi connectivity index (χ4n) is 3.75. The Bertz CT molecular complexity index is 693. The van der Waals surface area contributed by atoms with Gasteiger partial charge in [-0.05, 0) is 57.2 Å². The second kappa shape index (κ2) is 8.24. The van der Waals surface area contributed by atoms with Crippen molar-refractivity contribution in [3.8, 4) is 11.8 Å². The third-order valence-electron chi connectivity index (χ3n) is 4.75. The second-order valence-electron chi connectivity index (χ2n) is 8.48. The zero-order valence-electron chi connectivity index (χ0n) is 16.4. The molecule has 4 heteroatoms. The number of aliphatic hydroxyl groups excluding tert-OH is 1. The molecule has 1 aliphatic rings. The minimum absolute atomic E-state index is 0.0156. The molecule has 0 saturated carbocycles. The summed E-state index contributed by atoms with van der Waals surface area (Å²) in [4.78, 5) is 14.9. The van der Waals surface area contributed by atoms with Crippen LogP contribution in [0.3, 0.4) is 0 Å². The van der Waals surface area contributed by atoms with Crippen LogP contribution in [0.5, 0.6) is 0 Å². The Morgan fingerprint density at radius 3 is 2.73 bits per heavy atom. The average Bonchev–Trinajstić information content (AvgIpc) is 2.58. The first-order chi connectivity index (χ1) is 12.1. The molecular formula is C22H31NO3. The van der Waals surface area contributed by atoms with Crippen molar-refractivity contribution in [2.24, 2.45) is 11.3 Å². The van der Waals surface area contributed by atoms with E-state index >= 15 is 0 Å². The smallest absolute Gasteiger partial charge is 0.253 e. The van der Waals surface area contributed by atoms with E-state index in [-0.39, 0.29) is 17.9 Å². The summed E-state index contributed by atoms with van der Waals surface area (Å²) in [6.45, 7) is 9.01. The summed E-state index contributed by atoms with van der Waals surface area (Å²) in [5.41, 5.74) is 0.0571. The lowest BCUT2D eigenvalue weighted by molar-refractivity contribution is 0.0160. The van der Waals surface area contributed by atoms with Crippen molar-refractivity contribution in [2.45, 2.75) is 52.6 Å². The average molecular weight is 357 g/mol. The number of benzene rings is 1. The second-order valence-corrected chi connectivity index (χ2v) is 8.48. The zero-order chi connectivity index (χ0) is 19.4. The van der Waals surface area contributed by atoms with Gasteiger partial charge in [0.1, 0.15) is 5.60 Å². The van der Waals surface area contributed by atoms with Gasteiger partial charge in [-0.3, -0.25) is 4.79 Å². The van der Waals surface area contributed by atoms with Crippen LogP contribution in [0.1, 0.15) is 62.9 Å². The van der Waals surface area contributed by atoms with E-state index in [1.165, 1.54) is 0 Å². The van der Waals surface area contributed by atoms with Crippen LogP contribution in [0.4, 0.5) is 0 Å². The summed E-state index contributed by atoms with van der Waals surface area (Å²) in [7, 11) is 0. The van der Waals surface area contributed by atoms with E-state index in [4.69, 9.17) is 0 Å². The van der Waals surface area contributed by atoms with Crippen molar-refractivity contribution in [3.05, 3.63) is 35.4 Å². The van der Waals surface area contributed by atoms with Gasteiger partial charge < -0.3 is 15.1 Å². The van der Waals surface area contributed by atoms with Gasteiger partial charge in [-0.25, -0.2) is 0 Å². The fourth-order valence-corrected chi connectivity index (χ4v) is 3.75. The van der Waals surface area contributed by atoms with Crippen LogP contribution in [0.15, 0.2) is 24.3 Å². The Kier molecular flexibility index (Phi) is 6.49. The number of hydrogen-bond acceptors (Lipinski definition) is 3. The van der Waals surface area contributed by atoms with E-state index < -0.39 is 5.60 Å². The highest BCUT2D eigenvalue weighted by Gasteiger charge is 2.37. The van der Waals surface area contributed by atoms with E-state index in [1.807, 2.05) is 17.0 Å². The molecule has 0 aliphatic carbocycles. The molecule has 4 nitrogen and oxygen atoms in total. The van der Waals surface area contributed by atoms with Gasteiger partial charge in [-0.2, -0.15) is 0 Å². The molecule has 0 unspecified atom stereocenters.